The zero-order valence-electron chi connectivity index (χ0n) is 23.7. The largest absolute Gasteiger partial charge is 0.395 e. The molecule has 1 saturated carbocycles. The fraction of sp³-hybridized carbons (Fsp3) is 0.958. The van der Waals surface area contributed by atoms with E-state index >= 15 is 0 Å². The number of ether oxygens (including phenoxy) is 4. The summed E-state index contributed by atoms with van der Waals surface area (Å²) in [7, 11) is 0. The maximum atomic E-state index is 13.9. The monoisotopic (exact) mass is 647 g/mol. The molecule has 20 heteroatoms. The molecule has 2 unspecified atom stereocenters. The summed E-state index contributed by atoms with van der Waals surface area (Å²) < 4.78 is 36.6. The summed E-state index contributed by atoms with van der Waals surface area (Å²) in [6.07, 6.45) is -23.7. The van der Waals surface area contributed by atoms with Gasteiger partial charge in [0, 0.05) is 25.7 Å². The van der Waals surface area contributed by atoms with Gasteiger partial charge in [0.05, 0.1) is 25.3 Å². The predicted molar refractivity (Wildman–Crippen MR) is 143 cm³/mol. The lowest BCUT2D eigenvalue weighted by Crippen LogP contribution is -2.69. The van der Waals surface area contributed by atoms with Gasteiger partial charge >= 0.3 is 0 Å². The normalized spacial score (nSPS) is 44.6. The van der Waals surface area contributed by atoms with Gasteiger partial charge in [-0.25, -0.2) is 4.39 Å². The van der Waals surface area contributed by atoms with Crippen molar-refractivity contribution in [2.75, 3.05) is 32.8 Å². The Kier molecular flexibility index (Phi) is 14.0. The smallest absolute Gasteiger partial charge is 0.252 e. The summed E-state index contributed by atoms with van der Waals surface area (Å²) in [5, 5.41) is 97.1. The quantitative estimate of drug-likeness (QED) is 0.0825. The second-order valence-corrected chi connectivity index (χ2v) is 11.1. The first kappa shape index (κ1) is 37.2. The van der Waals surface area contributed by atoms with E-state index in [9.17, 15) is 50.0 Å². The van der Waals surface area contributed by atoms with Gasteiger partial charge in [-0.2, -0.15) is 0 Å². The van der Waals surface area contributed by atoms with Crippen LogP contribution in [0.5, 0.6) is 0 Å². The number of hydrogen-bond donors (Lipinski definition) is 14. The van der Waals surface area contributed by atoms with Crippen LogP contribution in [-0.4, -0.2) is 189 Å². The molecule has 1 amide bonds. The Bertz CT molecular complexity index is 902. The lowest BCUT2D eigenvalue weighted by molar-refractivity contribution is -0.333. The molecule has 0 aromatic carbocycles. The van der Waals surface area contributed by atoms with Gasteiger partial charge in [-0.3, -0.25) is 4.79 Å². The molecule has 0 aromatic rings. The topological polar surface area (TPSA) is 338 Å². The SMILES string of the molecule is NCC(F)C(O)C(=O)N[C@@H]1C[C@H](N)[C@@H](O[C@H]2O[C@H](CNCCO)[C@@H](O)[C@H](O)[C@H]2O)[C@H](O)[C@H]1O[C@H]1O[C@H](CO)[C@@H](O)[C@H](N)[C@H]1O. The van der Waals surface area contributed by atoms with Gasteiger partial charge in [0.15, 0.2) is 18.7 Å². The number of carbonyl (C=O) groups is 1. The first-order valence-corrected chi connectivity index (χ1v) is 14.2. The van der Waals surface area contributed by atoms with E-state index in [0.29, 0.717) is 0 Å². The van der Waals surface area contributed by atoms with Crippen LogP contribution in [0.4, 0.5) is 4.39 Å². The third-order valence-electron chi connectivity index (χ3n) is 8.00. The highest BCUT2D eigenvalue weighted by Crippen LogP contribution is 2.32. The fourth-order valence-corrected chi connectivity index (χ4v) is 5.36. The molecule has 17 atom stereocenters. The van der Waals surface area contributed by atoms with Gasteiger partial charge < -0.3 is 92.7 Å². The molecule has 3 aliphatic rings. The Morgan fingerprint density at radius 2 is 1.50 bits per heavy atom. The zero-order chi connectivity index (χ0) is 32.9. The van der Waals surface area contributed by atoms with Crippen LogP contribution >= 0.6 is 0 Å². The third-order valence-corrected chi connectivity index (χ3v) is 8.00. The highest BCUT2D eigenvalue weighted by molar-refractivity contribution is 5.81. The molecule has 2 aliphatic heterocycles. The van der Waals surface area contributed by atoms with Crippen molar-refractivity contribution in [1.82, 2.24) is 10.6 Å². The van der Waals surface area contributed by atoms with Crippen LogP contribution in [0.1, 0.15) is 6.42 Å². The predicted octanol–water partition coefficient (Wildman–Crippen LogP) is -8.85. The Morgan fingerprint density at radius 1 is 0.886 bits per heavy atom. The average molecular weight is 648 g/mol. The zero-order valence-corrected chi connectivity index (χ0v) is 23.7. The number of halogens is 1. The van der Waals surface area contributed by atoms with Crippen molar-refractivity contribution in [3.63, 3.8) is 0 Å². The highest BCUT2D eigenvalue weighted by Gasteiger charge is 2.52. The number of rotatable bonds is 13. The van der Waals surface area contributed by atoms with Crippen molar-refractivity contribution in [2.24, 2.45) is 17.2 Å². The second-order valence-electron chi connectivity index (χ2n) is 11.1. The first-order chi connectivity index (χ1) is 20.8. The van der Waals surface area contributed by atoms with Crippen LogP contribution in [0.2, 0.25) is 0 Å². The molecule has 258 valence electrons. The minimum atomic E-state index is -2.20. The van der Waals surface area contributed by atoms with E-state index in [2.05, 4.69) is 10.6 Å². The van der Waals surface area contributed by atoms with Crippen LogP contribution in [0.25, 0.3) is 0 Å². The summed E-state index contributed by atoms with van der Waals surface area (Å²) in [6.45, 7) is -1.57. The Hall–Kier alpha value is -1.28. The molecule has 2 saturated heterocycles. The van der Waals surface area contributed by atoms with E-state index in [0.717, 1.165) is 0 Å². The second kappa shape index (κ2) is 16.5. The summed E-state index contributed by atoms with van der Waals surface area (Å²) in [5.41, 5.74) is 17.3. The molecule has 0 spiro atoms. The lowest BCUT2D eigenvalue weighted by atomic mass is 9.83. The maximum absolute atomic E-state index is 13.9. The number of aliphatic hydroxyl groups excluding tert-OH is 9. The fourth-order valence-electron chi connectivity index (χ4n) is 5.36. The summed E-state index contributed by atoms with van der Waals surface area (Å²) in [4.78, 5) is 12.6. The van der Waals surface area contributed by atoms with Crippen LogP contribution in [0, 0.1) is 0 Å². The Morgan fingerprint density at radius 3 is 2.11 bits per heavy atom. The third kappa shape index (κ3) is 8.35. The number of nitrogens with two attached hydrogens (primary N) is 3. The van der Waals surface area contributed by atoms with Crippen LogP contribution in [0.3, 0.4) is 0 Å². The molecular formula is C24H46FN5O14. The van der Waals surface area contributed by atoms with Gasteiger partial charge in [-0.05, 0) is 6.42 Å². The van der Waals surface area contributed by atoms with Crippen molar-refractivity contribution in [1.29, 1.82) is 0 Å². The van der Waals surface area contributed by atoms with E-state index < -0.39 is 123 Å². The van der Waals surface area contributed by atoms with Crippen LogP contribution < -0.4 is 27.8 Å². The highest BCUT2D eigenvalue weighted by atomic mass is 19.1. The molecule has 3 rings (SSSR count). The molecule has 2 heterocycles. The van der Waals surface area contributed by atoms with Crippen molar-refractivity contribution in [3.8, 4) is 0 Å². The van der Waals surface area contributed by atoms with Crippen molar-refractivity contribution in [3.05, 3.63) is 0 Å². The minimum absolute atomic E-state index is 0.0692. The maximum Gasteiger partial charge on any atom is 0.252 e. The van der Waals surface area contributed by atoms with Gasteiger partial charge in [0.2, 0.25) is 0 Å². The van der Waals surface area contributed by atoms with Gasteiger partial charge in [-0.1, -0.05) is 0 Å². The molecule has 17 N–H and O–H groups in total. The van der Waals surface area contributed by atoms with Gasteiger partial charge in [0.1, 0.15) is 67.2 Å². The van der Waals surface area contributed by atoms with Gasteiger partial charge in [-0.15, -0.1) is 0 Å². The van der Waals surface area contributed by atoms with E-state index in [1.807, 2.05) is 0 Å². The average Bonchev–Trinajstić information content (AvgIpc) is 3.00. The van der Waals surface area contributed by atoms with E-state index in [1.54, 1.807) is 0 Å². The van der Waals surface area contributed by atoms with Crippen LogP contribution in [-0.2, 0) is 23.7 Å². The number of nitrogens with one attached hydrogen (secondary N) is 2. The summed E-state index contributed by atoms with van der Waals surface area (Å²) in [5.74, 6) is -1.23. The summed E-state index contributed by atoms with van der Waals surface area (Å²) in [6, 6.07) is -3.83. The first-order valence-electron chi connectivity index (χ1n) is 14.2. The van der Waals surface area contributed by atoms with Crippen molar-refractivity contribution < 1.29 is 74.1 Å². The molecule has 0 radical (unpaired) electrons. The number of alkyl halides is 1. The number of hydrogen-bond acceptors (Lipinski definition) is 18. The Balaban J connectivity index is 1.85. The molecule has 44 heavy (non-hydrogen) atoms. The van der Waals surface area contributed by atoms with Crippen molar-refractivity contribution >= 4 is 5.91 Å². The molecular weight excluding hydrogens is 601 g/mol. The molecule has 19 nitrogen and oxygen atoms in total. The summed E-state index contributed by atoms with van der Waals surface area (Å²) >= 11 is 0. The molecule has 1 aliphatic carbocycles. The van der Waals surface area contributed by atoms with Gasteiger partial charge in [0.25, 0.3) is 5.91 Å². The number of amides is 1. The lowest BCUT2D eigenvalue weighted by Gasteiger charge is -2.49. The van der Waals surface area contributed by atoms with Crippen molar-refractivity contribution in [2.45, 2.75) is 110 Å². The number of carbonyl (C=O) groups excluding carboxylic acids is 1. The standard InChI is InChI=1S/C24H46FN5O14/c25-7(4-26)13(33)22(40)30-9-3-8(27)20(43-24-18(38)17(37)15(35)10(41-24)5-29-1-2-31)19(39)21(9)44-23-16(36)12(28)14(34)11(6-32)42-23/h7-21,23-24,29,31-39H,1-6,26-28H2,(H,30,40)/t7?,8-,9+,10+,11+,12-,13?,14+,15+,16+,17-,18+,19-,20+,21-,23+,24+/m0/s1. The Labute approximate surface area is 251 Å². The number of aliphatic hydroxyl groups is 9. The molecule has 3 fully saturated rings. The minimum Gasteiger partial charge on any atom is -0.395 e. The van der Waals surface area contributed by atoms with E-state index in [1.165, 1.54) is 0 Å². The van der Waals surface area contributed by atoms with Crippen LogP contribution in [0.15, 0.2) is 0 Å². The van der Waals surface area contributed by atoms with E-state index in [-0.39, 0.29) is 26.1 Å². The molecule has 0 aromatic heterocycles. The molecule has 0 bridgehead atoms. The van der Waals surface area contributed by atoms with E-state index in [4.69, 9.17) is 41.3 Å².